The van der Waals surface area contributed by atoms with E-state index in [0.717, 1.165) is 6.42 Å². The Labute approximate surface area is 105 Å². The minimum Gasteiger partial charge on any atom is -0.271 e. The highest BCUT2D eigenvalue weighted by Crippen LogP contribution is 2.29. The number of benzene rings is 1. The first-order valence-electron chi connectivity index (χ1n) is 4.99. The van der Waals surface area contributed by atoms with Gasteiger partial charge in [0.25, 0.3) is 11.6 Å². The predicted molar refractivity (Wildman–Crippen MR) is 62.4 cm³/mol. The van der Waals surface area contributed by atoms with E-state index < -0.39 is 4.92 Å². The highest BCUT2D eigenvalue weighted by molar-refractivity contribution is 9.10. The maximum absolute atomic E-state index is 12.0. The van der Waals surface area contributed by atoms with Crippen LogP contribution in [0.25, 0.3) is 0 Å². The normalized spacial score (nSPS) is 15.0. The average Bonchev–Trinajstić information content (AvgIpc) is 2.81. The van der Waals surface area contributed by atoms with E-state index in [1.165, 1.54) is 23.3 Å². The summed E-state index contributed by atoms with van der Waals surface area (Å²) in [4.78, 5) is 27.3. The summed E-state index contributed by atoms with van der Waals surface area (Å²) < 4.78 is 0.186. The van der Waals surface area contributed by atoms with E-state index in [9.17, 15) is 14.9 Å². The maximum Gasteiger partial charge on any atom is 0.284 e. The average molecular weight is 301 g/mol. The van der Waals surface area contributed by atoms with Crippen LogP contribution >= 0.6 is 15.9 Å². The van der Waals surface area contributed by atoms with Crippen LogP contribution in [0, 0.1) is 10.1 Å². The number of nitro groups is 1. The number of nitrogens with zero attached hydrogens (tertiary/aromatic N) is 2. The van der Waals surface area contributed by atoms with E-state index in [1.54, 1.807) is 0 Å². The Morgan fingerprint density at radius 3 is 2.88 bits per heavy atom. The van der Waals surface area contributed by atoms with Gasteiger partial charge in [-0.1, -0.05) is 6.07 Å². The zero-order valence-corrected chi connectivity index (χ0v) is 10.3. The minimum atomic E-state index is -0.536. The number of halogens is 1. The summed E-state index contributed by atoms with van der Waals surface area (Å²) in [5.74, 6) is -0.363. The van der Waals surface area contributed by atoms with Gasteiger partial charge in [-0.2, -0.15) is 0 Å². The SMILES string of the molecule is O=C(c1cccc([N+](=O)[O-])c1Br)N1CCCO1. The Morgan fingerprint density at radius 1 is 1.53 bits per heavy atom. The first-order chi connectivity index (χ1) is 8.11. The van der Waals surface area contributed by atoms with Crippen molar-refractivity contribution >= 4 is 27.5 Å². The summed E-state index contributed by atoms with van der Waals surface area (Å²) in [5, 5.41) is 12.0. The van der Waals surface area contributed by atoms with Crippen LogP contribution in [0.1, 0.15) is 16.8 Å². The second-order valence-corrected chi connectivity index (χ2v) is 4.28. The molecule has 1 heterocycles. The Morgan fingerprint density at radius 2 is 2.29 bits per heavy atom. The summed E-state index contributed by atoms with van der Waals surface area (Å²) in [7, 11) is 0. The van der Waals surface area contributed by atoms with Gasteiger partial charge >= 0.3 is 0 Å². The van der Waals surface area contributed by atoms with Gasteiger partial charge in [0.05, 0.1) is 23.6 Å². The van der Waals surface area contributed by atoms with E-state index >= 15 is 0 Å². The first kappa shape index (κ1) is 12.0. The molecule has 0 radical (unpaired) electrons. The molecule has 2 rings (SSSR count). The molecule has 0 atom stereocenters. The third kappa shape index (κ3) is 2.29. The van der Waals surface area contributed by atoms with Crippen LogP contribution in [0.2, 0.25) is 0 Å². The van der Waals surface area contributed by atoms with Crippen molar-refractivity contribution in [2.45, 2.75) is 6.42 Å². The number of nitro benzene ring substituents is 1. The Balaban J connectivity index is 2.35. The van der Waals surface area contributed by atoms with Crippen LogP contribution in [0.3, 0.4) is 0 Å². The van der Waals surface area contributed by atoms with E-state index in [0.29, 0.717) is 13.2 Å². The zero-order valence-electron chi connectivity index (χ0n) is 8.76. The lowest BCUT2D eigenvalue weighted by Crippen LogP contribution is -2.26. The monoisotopic (exact) mass is 300 g/mol. The number of carbonyl (C=O) groups is 1. The fourth-order valence-corrected chi connectivity index (χ4v) is 2.15. The highest BCUT2D eigenvalue weighted by Gasteiger charge is 2.26. The highest BCUT2D eigenvalue weighted by atomic mass is 79.9. The smallest absolute Gasteiger partial charge is 0.271 e. The van der Waals surface area contributed by atoms with Crippen LogP contribution in [0.4, 0.5) is 5.69 Å². The van der Waals surface area contributed by atoms with Crippen molar-refractivity contribution in [3.8, 4) is 0 Å². The van der Waals surface area contributed by atoms with Gasteiger partial charge in [-0.15, -0.1) is 0 Å². The molecule has 7 heteroatoms. The van der Waals surface area contributed by atoms with Crippen molar-refractivity contribution in [3.05, 3.63) is 38.3 Å². The van der Waals surface area contributed by atoms with Crippen LogP contribution < -0.4 is 0 Å². The molecule has 6 nitrogen and oxygen atoms in total. The van der Waals surface area contributed by atoms with Gasteiger partial charge in [-0.3, -0.25) is 19.7 Å². The van der Waals surface area contributed by atoms with Gasteiger partial charge in [-0.25, -0.2) is 5.06 Å². The van der Waals surface area contributed by atoms with Crippen LogP contribution in [-0.4, -0.2) is 29.0 Å². The van der Waals surface area contributed by atoms with Crippen LogP contribution in [0.15, 0.2) is 22.7 Å². The van der Waals surface area contributed by atoms with E-state index in [2.05, 4.69) is 15.9 Å². The quantitative estimate of drug-likeness (QED) is 0.619. The van der Waals surface area contributed by atoms with Crippen LogP contribution in [-0.2, 0) is 4.84 Å². The molecule has 0 aliphatic carbocycles. The molecule has 0 aromatic heterocycles. The number of carbonyl (C=O) groups excluding carboxylic acids is 1. The molecule has 1 aliphatic heterocycles. The van der Waals surface area contributed by atoms with E-state index in [-0.39, 0.29) is 21.6 Å². The Kier molecular flexibility index (Phi) is 3.39. The fourth-order valence-electron chi connectivity index (χ4n) is 1.57. The fraction of sp³-hybridized carbons (Fsp3) is 0.300. The molecule has 0 saturated carbocycles. The summed E-state index contributed by atoms with van der Waals surface area (Å²) >= 11 is 3.08. The van der Waals surface area contributed by atoms with Gasteiger partial charge in [-0.05, 0) is 28.4 Å². The van der Waals surface area contributed by atoms with Gasteiger partial charge < -0.3 is 0 Å². The van der Waals surface area contributed by atoms with Crippen molar-refractivity contribution < 1.29 is 14.6 Å². The largest absolute Gasteiger partial charge is 0.284 e. The van der Waals surface area contributed by atoms with Gasteiger partial charge in [0.15, 0.2) is 0 Å². The maximum atomic E-state index is 12.0. The molecule has 1 aliphatic rings. The van der Waals surface area contributed by atoms with E-state index in [4.69, 9.17) is 4.84 Å². The van der Waals surface area contributed by atoms with E-state index in [1.807, 2.05) is 0 Å². The molecule has 17 heavy (non-hydrogen) atoms. The van der Waals surface area contributed by atoms with Crippen molar-refractivity contribution in [3.63, 3.8) is 0 Å². The molecule has 1 aromatic carbocycles. The summed E-state index contributed by atoms with van der Waals surface area (Å²) in [6, 6.07) is 4.35. The molecule has 1 fully saturated rings. The molecule has 0 bridgehead atoms. The van der Waals surface area contributed by atoms with Gasteiger partial charge in [0, 0.05) is 6.07 Å². The lowest BCUT2D eigenvalue weighted by Gasteiger charge is -2.14. The second-order valence-electron chi connectivity index (χ2n) is 3.49. The lowest BCUT2D eigenvalue weighted by molar-refractivity contribution is -0.385. The van der Waals surface area contributed by atoms with Crippen LogP contribution in [0.5, 0.6) is 0 Å². The number of amides is 1. The standard InChI is InChI=1S/C10H9BrN2O4/c11-9-7(3-1-4-8(9)13(15)16)10(14)12-5-2-6-17-12/h1,3-4H,2,5-6H2. The third-order valence-electron chi connectivity index (χ3n) is 2.38. The summed E-state index contributed by atoms with van der Waals surface area (Å²) in [6.07, 6.45) is 0.776. The molecule has 90 valence electrons. The van der Waals surface area contributed by atoms with Gasteiger partial charge in [0.1, 0.15) is 4.47 Å². The lowest BCUT2D eigenvalue weighted by atomic mass is 10.2. The molecule has 0 N–H and O–H groups in total. The molecule has 0 unspecified atom stereocenters. The molecule has 0 spiro atoms. The van der Waals surface area contributed by atoms with Crippen molar-refractivity contribution in [1.29, 1.82) is 0 Å². The zero-order chi connectivity index (χ0) is 12.4. The van der Waals surface area contributed by atoms with Crippen molar-refractivity contribution in [2.75, 3.05) is 13.2 Å². The Hall–Kier alpha value is -1.47. The molecule has 1 aromatic rings. The number of hydroxylamine groups is 2. The van der Waals surface area contributed by atoms with Crippen molar-refractivity contribution in [1.82, 2.24) is 5.06 Å². The number of hydrogen-bond acceptors (Lipinski definition) is 4. The minimum absolute atomic E-state index is 0.130. The predicted octanol–water partition coefficient (Wildman–Crippen LogP) is 2.13. The first-order valence-corrected chi connectivity index (χ1v) is 5.78. The molecular weight excluding hydrogens is 292 g/mol. The number of hydrogen-bond donors (Lipinski definition) is 0. The van der Waals surface area contributed by atoms with Gasteiger partial charge in [0.2, 0.25) is 0 Å². The number of rotatable bonds is 2. The summed E-state index contributed by atoms with van der Waals surface area (Å²) in [6.45, 7) is 1.01. The second kappa shape index (κ2) is 4.80. The summed E-state index contributed by atoms with van der Waals surface area (Å²) in [5.41, 5.74) is 0.108. The third-order valence-corrected chi connectivity index (χ3v) is 3.22. The molecule has 1 saturated heterocycles. The Bertz CT molecular complexity index is 471. The molecular formula is C10H9BrN2O4. The molecule has 1 amide bonds. The topological polar surface area (TPSA) is 72.7 Å². The van der Waals surface area contributed by atoms with Crippen molar-refractivity contribution in [2.24, 2.45) is 0 Å².